The van der Waals surface area contributed by atoms with Crippen LogP contribution in [0.25, 0.3) is 0 Å². The molecule has 0 amide bonds. The average molecular weight is 277 g/mol. The van der Waals surface area contributed by atoms with E-state index in [1.807, 2.05) is 24.5 Å². The minimum Gasteiger partial charge on any atom is -0.347 e. The van der Waals surface area contributed by atoms with E-state index in [0.717, 1.165) is 25.8 Å². The summed E-state index contributed by atoms with van der Waals surface area (Å²) in [7, 11) is 2.12. The SMILES string of the molecule is CN(Cc1ccncc1)C1CC2(CCC1N)OCCO2. The minimum atomic E-state index is -0.382. The zero-order chi connectivity index (χ0) is 14.0. The fourth-order valence-corrected chi connectivity index (χ4v) is 3.29. The maximum atomic E-state index is 6.32. The molecule has 0 radical (unpaired) electrons. The minimum absolute atomic E-state index is 0.181. The Balaban J connectivity index is 1.67. The quantitative estimate of drug-likeness (QED) is 0.897. The third-order valence-electron chi connectivity index (χ3n) is 4.43. The summed E-state index contributed by atoms with van der Waals surface area (Å²) in [5, 5.41) is 0. The summed E-state index contributed by atoms with van der Waals surface area (Å²) in [5.74, 6) is -0.382. The number of nitrogens with zero attached hydrogens (tertiary/aromatic N) is 2. The lowest BCUT2D eigenvalue weighted by molar-refractivity contribution is -0.191. The molecule has 1 saturated carbocycles. The zero-order valence-corrected chi connectivity index (χ0v) is 12.0. The Kier molecular flexibility index (Phi) is 4.03. The summed E-state index contributed by atoms with van der Waals surface area (Å²) >= 11 is 0. The highest BCUT2D eigenvalue weighted by molar-refractivity contribution is 5.10. The van der Waals surface area contributed by atoms with E-state index in [0.29, 0.717) is 13.2 Å². The van der Waals surface area contributed by atoms with Crippen LogP contribution < -0.4 is 5.73 Å². The van der Waals surface area contributed by atoms with Crippen LogP contribution >= 0.6 is 0 Å². The van der Waals surface area contributed by atoms with Gasteiger partial charge >= 0.3 is 0 Å². The first-order valence-electron chi connectivity index (χ1n) is 7.31. The molecule has 1 saturated heterocycles. The molecular formula is C15H23N3O2. The van der Waals surface area contributed by atoms with Gasteiger partial charge in [-0.05, 0) is 31.2 Å². The summed E-state index contributed by atoms with van der Waals surface area (Å²) in [6, 6.07) is 4.56. The lowest BCUT2D eigenvalue weighted by Gasteiger charge is -2.43. The van der Waals surface area contributed by atoms with Gasteiger partial charge in [-0.25, -0.2) is 0 Å². The second kappa shape index (κ2) is 5.77. The molecule has 2 N–H and O–H groups in total. The van der Waals surface area contributed by atoms with E-state index in [-0.39, 0.29) is 17.9 Å². The number of aromatic nitrogens is 1. The van der Waals surface area contributed by atoms with Gasteiger partial charge in [0.2, 0.25) is 0 Å². The Morgan fingerprint density at radius 3 is 2.75 bits per heavy atom. The molecule has 1 aliphatic heterocycles. The van der Waals surface area contributed by atoms with E-state index in [4.69, 9.17) is 15.2 Å². The zero-order valence-electron chi connectivity index (χ0n) is 12.0. The van der Waals surface area contributed by atoms with Gasteiger partial charge in [-0.15, -0.1) is 0 Å². The monoisotopic (exact) mass is 277 g/mol. The van der Waals surface area contributed by atoms with Crippen molar-refractivity contribution >= 4 is 0 Å². The maximum absolute atomic E-state index is 6.32. The van der Waals surface area contributed by atoms with Crippen LogP contribution in [0.15, 0.2) is 24.5 Å². The average Bonchev–Trinajstić information content (AvgIpc) is 2.91. The molecule has 2 aliphatic rings. The Morgan fingerprint density at radius 2 is 2.05 bits per heavy atom. The Hall–Kier alpha value is -1.01. The molecule has 2 unspecified atom stereocenters. The van der Waals surface area contributed by atoms with Gasteiger partial charge in [0.15, 0.2) is 5.79 Å². The predicted molar refractivity (Wildman–Crippen MR) is 76.0 cm³/mol. The number of hydrogen-bond donors (Lipinski definition) is 1. The van der Waals surface area contributed by atoms with E-state index in [1.165, 1.54) is 5.56 Å². The molecule has 2 fully saturated rings. The van der Waals surface area contributed by atoms with Gasteiger partial charge in [0, 0.05) is 43.9 Å². The Morgan fingerprint density at radius 1 is 1.35 bits per heavy atom. The molecule has 5 heteroatoms. The molecular weight excluding hydrogens is 254 g/mol. The highest BCUT2D eigenvalue weighted by atomic mass is 16.7. The second-order valence-corrected chi connectivity index (χ2v) is 5.85. The number of hydrogen-bond acceptors (Lipinski definition) is 5. The number of rotatable bonds is 3. The summed E-state index contributed by atoms with van der Waals surface area (Å²) in [6.45, 7) is 2.28. The Bertz CT molecular complexity index is 434. The summed E-state index contributed by atoms with van der Waals surface area (Å²) in [4.78, 5) is 6.37. The van der Waals surface area contributed by atoms with Gasteiger partial charge in [-0.3, -0.25) is 9.88 Å². The van der Waals surface area contributed by atoms with Crippen molar-refractivity contribution in [3.63, 3.8) is 0 Å². The molecule has 0 aromatic carbocycles. The van der Waals surface area contributed by atoms with Crippen LogP contribution in [-0.2, 0) is 16.0 Å². The molecule has 110 valence electrons. The Labute approximate surface area is 120 Å². The fourth-order valence-electron chi connectivity index (χ4n) is 3.29. The van der Waals surface area contributed by atoms with Crippen molar-refractivity contribution < 1.29 is 9.47 Å². The molecule has 3 rings (SSSR count). The molecule has 2 heterocycles. The van der Waals surface area contributed by atoms with Crippen LogP contribution in [0.4, 0.5) is 0 Å². The molecule has 0 bridgehead atoms. The van der Waals surface area contributed by atoms with Crippen molar-refractivity contribution in [2.24, 2.45) is 5.73 Å². The van der Waals surface area contributed by atoms with Gasteiger partial charge in [-0.2, -0.15) is 0 Å². The second-order valence-electron chi connectivity index (χ2n) is 5.85. The molecule has 1 aromatic heterocycles. The van der Waals surface area contributed by atoms with Crippen molar-refractivity contribution in [1.82, 2.24) is 9.88 Å². The van der Waals surface area contributed by atoms with Crippen molar-refractivity contribution in [2.45, 2.75) is 43.7 Å². The van der Waals surface area contributed by atoms with E-state index in [1.54, 1.807) is 0 Å². The highest BCUT2D eigenvalue weighted by Gasteiger charge is 2.45. The third kappa shape index (κ3) is 2.86. The molecule has 5 nitrogen and oxygen atoms in total. The highest BCUT2D eigenvalue weighted by Crippen LogP contribution is 2.37. The number of pyridine rings is 1. The first-order valence-corrected chi connectivity index (χ1v) is 7.31. The molecule has 20 heavy (non-hydrogen) atoms. The van der Waals surface area contributed by atoms with E-state index in [9.17, 15) is 0 Å². The summed E-state index contributed by atoms with van der Waals surface area (Å²) in [6.07, 6.45) is 6.37. The first kappa shape index (κ1) is 13.9. The standard InChI is InChI=1S/C15H23N3O2/c1-18(11-12-3-6-17-7-4-12)14-10-15(5-2-13(14)16)19-8-9-20-15/h3-4,6-7,13-14H,2,5,8-11,16H2,1H3. The van der Waals surface area contributed by atoms with Crippen LogP contribution in [0.1, 0.15) is 24.8 Å². The largest absolute Gasteiger partial charge is 0.347 e. The summed E-state index contributed by atoms with van der Waals surface area (Å²) in [5.41, 5.74) is 7.57. The van der Waals surface area contributed by atoms with E-state index >= 15 is 0 Å². The van der Waals surface area contributed by atoms with Gasteiger partial charge < -0.3 is 15.2 Å². The predicted octanol–water partition coefficient (Wildman–Crippen LogP) is 1.14. The van der Waals surface area contributed by atoms with Crippen LogP contribution in [0, 0.1) is 0 Å². The van der Waals surface area contributed by atoms with Crippen LogP contribution in [0.2, 0.25) is 0 Å². The van der Waals surface area contributed by atoms with Gasteiger partial charge in [0.05, 0.1) is 13.2 Å². The van der Waals surface area contributed by atoms with Crippen LogP contribution in [0.5, 0.6) is 0 Å². The normalized spacial score (nSPS) is 29.1. The number of likely N-dealkylation sites (N-methyl/N-ethyl adjacent to an activating group) is 1. The topological polar surface area (TPSA) is 60.6 Å². The fraction of sp³-hybridized carbons (Fsp3) is 0.667. The van der Waals surface area contributed by atoms with Crippen molar-refractivity contribution in [2.75, 3.05) is 20.3 Å². The summed E-state index contributed by atoms with van der Waals surface area (Å²) < 4.78 is 11.7. The van der Waals surface area contributed by atoms with Gasteiger partial charge in [0.25, 0.3) is 0 Å². The van der Waals surface area contributed by atoms with Crippen LogP contribution in [-0.4, -0.2) is 48.0 Å². The number of nitrogens with two attached hydrogens (primary N) is 1. The lowest BCUT2D eigenvalue weighted by Crippen LogP contribution is -2.55. The smallest absolute Gasteiger partial charge is 0.170 e. The number of ether oxygens (including phenoxy) is 2. The first-order chi connectivity index (χ1) is 9.69. The van der Waals surface area contributed by atoms with E-state index in [2.05, 4.69) is 16.9 Å². The van der Waals surface area contributed by atoms with Gasteiger partial charge in [0.1, 0.15) is 0 Å². The molecule has 1 aromatic rings. The molecule has 1 spiro atoms. The lowest BCUT2D eigenvalue weighted by atomic mass is 9.85. The van der Waals surface area contributed by atoms with Crippen LogP contribution in [0.3, 0.4) is 0 Å². The third-order valence-corrected chi connectivity index (χ3v) is 4.43. The maximum Gasteiger partial charge on any atom is 0.170 e. The van der Waals surface area contributed by atoms with Crippen molar-refractivity contribution in [3.05, 3.63) is 30.1 Å². The molecule has 2 atom stereocenters. The van der Waals surface area contributed by atoms with Crippen molar-refractivity contribution in [1.29, 1.82) is 0 Å². The molecule has 1 aliphatic carbocycles. The van der Waals surface area contributed by atoms with Gasteiger partial charge in [-0.1, -0.05) is 0 Å². The van der Waals surface area contributed by atoms with Crippen molar-refractivity contribution in [3.8, 4) is 0 Å². The van der Waals surface area contributed by atoms with E-state index < -0.39 is 0 Å².